The molecule has 1 nitrogen and oxygen atoms in total. The van der Waals surface area contributed by atoms with Gasteiger partial charge in [0.25, 0.3) is 0 Å². The Kier molecular flexibility index (Phi) is 3.43. The van der Waals surface area contributed by atoms with E-state index < -0.39 is 0 Å². The first kappa shape index (κ1) is 11.4. The van der Waals surface area contributed by atoms with Crippen LogP contribution < -0.4 is 0 Å². The summed E-state index contributed by atoms with van der Waals surface area (Å²) < 4.78 is 0. The topological polar surface area (TPSA) is 20.2 Å². The minimum atomic E-state index is 0.253. The van der Waals surface area contributed by atoms with Crippen molar-refractivity contribution in [2.45, 2.75) is 39.5 Å². The summed E-state index contributed by atoms with van der Waals surface area (Å²) in [5.41, 5.74) is 2.30. The third-order valence-electron chi connectivity index (χ3n) is 2.35. The molecule has 0 aliphatic carbocycles. The van der Waals surface area contributed by atoms with Crippen LogP contribution in [-0.4, -0.2) is 5.11 Å². The third kappa shape index (κ3) is 2.21. The molecular formula is C12H17ClO. The van der Waals surface area contributed by atoms with Gasteiger partial charge in [0, 0.05) is 5.02 Å². The van der Waals surface area contributed by atoms with Crippen LogP contribution in [0.25, 0.3) is 0 Å². The van der Waals surface area contributed by atoms with Crippen LogP contribution in [-0.2, 0) is 0 Å². The van der Waals surface area contributed by atoms with Crippen LogP contribution in [0, 0.1) is 0 Å². The molecule has 0 saturated carbocycles. The van der Waals surface area contributed by atoms with Crippen molar-refractivity contribution >= 4 is 11.6 Å². The standard InChI is InChI=1S/C12H17ClO/c1-7(2)10-5-9(14)6-11(13)12(10)8(3)4/h5-8,14H,1-4H3. The van der Waals surface area contributed by atoms with Crippen molar-refractivity contribution in [2.24, 2.45) is 0 Å². The average molecular weight is 213 g/mol. The molecule has 0 radical (unpaired) electrons. The lowest BCUT2D eigenvalue weighted by Gasteiger charge is -2.17. The Morgan fingerprint density at radius 1 is 1.07 bits per heavy atom. The van der Waals surface area contributed by atoms with Crippen molar-refractivity contribution in [3.05, 3.63) is 28.3 Å². The van der Waals surface area contributed by atoms with Gasteiger partial charge in [-0.2, -0.15) is 0 Å². The number of phenolic OH excluding ortho intramolecular Hbond substituents is 1. The van der Waals surface area contributed by atoms with Gasteiger partial charge in [-0.25, -0.2) is 0 Å². The summed E-state index contributed by atoms with van der Waals surface area (Å²) in [6.07, 6.45) is 0. The van der Waals surface area contributed by atoms with E-state index in [4.69, 9.17) is 11.6 Å². The molecule has 1 rings (SSSR count). The van der Waals surface area contributed by atoms with Gasteiger partial charge in [0.1, 0.15) is 5.75 Å². The predicted molar refractivity (Wildman–Crippen MR) is 61.3 cm³/mol. The van der Waals surface area contributed by atoms with Gasteiger partial charge >= 0.3 is 0 Å². The van der Waals surface area contributed by atoms with E-state index in [2.05, 4.69) is 27.7 Å². The summed E-state index contributed by atoms with van der Waals surface area (Å²) in [5, 5.41) is 10.1. The SMILES string of the molecule is CC(C)c1cc(O)cc(Cl)c1C(C)C. The van der Waals surface area contributed by atoms with Crippen LogP contribution >= 0.6 is 11.6 Å². The highest BCUT2D eigenvalue weighted by Crippen LogP contribution is 2.35. The molecule has 0 heterocycles. The van der Waals surface area contributed by atoms with Crippen LogP contribution in [0.15, 0.2) is 12.1 Å². The van der Waals surface area contributed by atoms with Crippen LogP contribution in [0.4, 0.5) is 0 Å². The van der Waals surface area contributed by atoms with E-state index in [0.717, 1.165) is 11.1 Å². The highest BCUT2D eigenvalue weighted by molar-refractivity contribution is 6.31. The van der Waals surface area contributed by atoms with Gasteiger partial charge in [-0.15, -0.1) is 0 Å². The number of aromatic hydroxyl groups is 1. The normalized spacial score (nSPS) is 11.4. The summed E-state index contributed by atoms with van der Waals surface area (Å²) in [7, 11) is 0. The summed E-state index contributed by atoms with van der Waals surface area (Å²) in [6.45, 7) is 8.45. The number of hydrogen-bond donors (Lipinski definition) is 1. The Morgan fingerprint density at radius 2 is 1.64 bits per heavy atom. The molecular weight excluding hydrogens is 196 g/mol. The fraction of sp³-hybridized carbons (Fsp3) is 0.500. The highest BCUT2D eigenvalue weighted by atomic mass is 35.5. The maximum absolute atomic E-state index is 9.46. The molecule has 0 bridgehead atoms. The molecule has 1 aromatic rings. The van der Waals surface area contributed by atoms with Crippen molar-refractivity contribution in [3.63, 3.8) is 0 Å². The van der Waals surface area contributed by atoms with Crippen LogP contribution in [0.3, 0.4) is 0 Å². The van der Waals surface area contributed by atoms with Gasteiger partial charge in [0.15, 0.2) is 0 Å². The van der Waals surface area contributed by atoms with Crippen LogP contribution in [0.2, 0.25) is 5.02 Å². The monoisotopic (exact) mass is 212 g/mol. The molecule has 0 saturated heterocycles. The molecule has 0 atom stereocenters. The summed E-state index contributed by atoms with van der Waals surface area (Å²) >= 11 is 6.11. The molecule has 0 aromatic heterocycles. The molecule has 78 valence electrons. The van der Waals surface area contributed by atoms with E-state index >= 15 is 0 Å². The summed E-state index contributed by atoms with van der Waals surface area (Å²) in [4.78, 5) is 0. The molecule has 0 unspecified atom stereocenters. The zero-order valence-electron chi connectivity index (χ0n) is 9.13. The lowest BCUT2D eigenvalue weighted by molar-refractivity contribution is 0.473. The van der Waals surface area contributed by atoms with Gasteiger partial charge < -0.3 is 5.11 Å². The molecule has 0 aliphatic heterocycles. The van der Waals surface area contributed by atoms with Gasteiger partial charge in [-0.3, -0.25) is 0 Å². The number of halogens is 1. The molecule has 2 heteroatoms. The van der Waals surface area contributed by atoms with Gasteiger partial charge in [-0.05, 0) is 35.1 Å². The van der Waals surface area contributed by atoms with E-state index in [-0.39, 0.29) is 5.75 Å². The second-order valence-electron chi connectivity index (χ2n) is 4.24. The molecule has 0 fully saturated rings. The highest BCUT2D eigenvalue weighted by Gasteiger charge is 2.14. The van der Waals surface area contributed by atoms with Crippen molar-refractivity contribution in [1.29, 1.82) is 0 Å². The quantitative estimate of drug-likeness (QED) is 0.776. The van der Waals surface area contributed by atoms with Crippen molar-refractivity contribution < 1.29 is 5.11 Å². The van der Waals surface area contributed by atoms with E-state index in [0.29, 0.717) is 16.9 Å². The molecule has 14 heavy (non-hydrogen) atoms. The molecule has 0 spiro atoms. The zero-order valence-corrected chi connectivity index (χ0v) is 9.89. The largest absolute Gasteiger partial charge is 0.508 e. The Hall–Kier alpha value is -0.690. The van der Waals surface area contributed by atoms with Crippen molar-refractivity contribution in [3.8, 4) is 5.75 Å². The summed E-state index contributed by atoms with van der Waals surface area (Å²) in [5.74, 6) is 1.03. The van der Waals surface area contributed by atoms with Crippen LogP contribution in [0.5, 0.6) is 5.75 Å². The fourth-order valence-electron chi connectivity index (χ4n) is 1.71. The van der Waals surface area contributed by atoms with Gasteiger partial charge in [-0.1, -0.05) is 39.3 Å². The average Bonchev–Trinajstić information content (AvgIpc) is 2.01. The number of phenols is 1. The Bertz CT molecular complexity index is 329. The maximum Gasteiger partial charge on any atom is 0.117 e. The van der Waals surface area contributed by atoms with E-state index in [1.807, 2.05) is 6.07 Å². The smallest absolute Gasteiger partial charge is 0.117 e. The van der Waals surface area contributed by atoms with Crippen molar-refractivity contribution in [1.82, 2.24) is 0 Å². The second-order valence-corrected chi connectivity index (χ2v) is 4.65. The van der Waals surface area contributed by atoms with Crippen LogP contribution in [0.1, 0.15) is 50.7 Å². The lowest BCUT2D eigenvalue weighted by atomic mass is 9.90. The first-order valence-electron chi connectivity index (χ1n) is 4.95. The van der Waals surface area contributed by atoms with E-state index in [1.54, 1.807) is 6.07 Å². The van der Waals surface area contributed by atoms with E-state index in [9.17, 15) is 5.11 Å². The first-order chi connectivity index (χ1) is 6.43. The molecule has 0 amide bonds. The van der Waals surface area contributed by atoms with E-state index in [1.165, 1.54) is 0 Å². The predicted octanol–water partition coefficient (Wildman–Crippen LogP) is 4.29. The Morgan fingerprint density at radius 3 is 2.07 bits per heavy atom. The minimum Gasteiger partial charge on any atom is -0.508 e. The Balaban J connectivity index is 3.37. The zero-order chi connectivity index (χ0) is 10.9. The first-order valence-corrected chi connectivity index (χ1v) is 5.33. The Labute approximate surface area is 90.7 Å². The lowest BCUT2D eigenvalue weighted by Crippen LogP contribution is -1.99. The second kappa shape index (κ2) is 4.22. The number of rotatable bonds is 2. The minimum absolute atomic E-state index is 0.253. The maximum atomic E-state index is 9.46. The molecule has 1 N–H and O–H groups in total. The summed E-state index contributed by atoms with van der Waals surface area (Å²) in [6, 6.07) is 3.43. The fourth-order valence-corrected chi connectivity index (χ4v) is 2.15. The van der Waals surface area contributed by atoms with Gasteiger partial charge in [0.05, 0.1) is 0 Å². The molecule has 0 aliphatic rings. The van der Waals surface area contributed by atoms with Crippen molar-refractivity contribution in [2.75, 3.05) is 0 Å². The molecule has 1 aromatic carbocycles. The third-order valence-corrected chi connectivity index (χ3v) is 2.66. The number of hydrogen-bond acceptors (Lipinski definition) is 1. The number of benzene rings is 1. The van der Waals surface area contributed by atoms with Gasteiger partial charge in [0.2, 0.25) is 0 Å².